The van der Waals surface area contributed by atoms with Crippen molar-refractivity contribution in [2.24, 2.45) is 0 Å². The Morgan fingerprint density at radius 1 is 1.00 bits per heavy atom. The Morgan fingerprint density at radius 2 is 1.52 bits per heavy atom. The molecule has 0 aliphatic carbocycles. The molecule has 0 aromatic heterocycles. The number of benzene rings is 2. The number of amides is 1. The minimum absolute atomic E-state index is 0.202. The Hall–Kier alpha value is -2.82. The number of esters is 1. The van der Waals surface area contributed by atoms with Crippen LogP contribution in [0.4, 0.5) is 0 Å². The highest BCUT2D eigenvalue weighted by Crippen LogP contribution is 2.22. The van der Waals surface area contributed by atoms with Gasteiger partial charge in [-0.25, -0.2) is 4.79 Å². The summed E-state index contributed by atoms with van der Waals surface area (Å²) in [6.07, 6.45) is 0.783. The van der Waals surface area contributed by atoms with E-state index in [2.05, 4.69) is 5.32 Å². The quantitative estimate of drug-likeness (QED) is 0.788. The van der Waals surface area contributed by atoms with Crippen LogP contribution >= 0.6 is 0 Å². The summed E-state index contributed by atoms with van der Waals surface area (Å²) in [5.74, 6) is -0.656. The zero-order valence-electron chi connectivity index (χ0n) is 14.7. The lowest BCUT2D eigenvalue weighted by atomic mass is 10.0. The van der Waals surface area contributed by atoms with Crippen LogP contribution < -0.4 is 5.32 Å². The van der Waals surface area contributed by atoms with Crippen molar-refractivity contribution in [2.75, 3.05) is 6.61 Å². The van der Waals surface area contributed by atoms with Gasteiger partial charge in [-0.1, -0.05) is 31.2 Å². The molecule has 0 fully saturated rings. The zero-order chi connectivity index (χ0) is 18.4. The molecule has 2 aromatic rings. The molecule has 2 N–H and O–H groups in total. The van der Waals surface area contributed by atoms with Crippen LogP contribution in [-0.2, 0) is 9.53 Å². The van der Waals surface area contributed by atoms with Gasteiger partial charge < -0.3 is 15.2 Å². The number of carbonyl (C=O) groups is 2. The molecule has 0 spiro atoms. The van der Waals surface area contributed by atoms with Gasteiger partial charge in [-0.2, -0.15) is 0 Å². The molecule has 1 amide bonds. The summed E-state index contributed by atoms with van der Waals surface area (Å²) in [5, 5.41) is 12.1. The molecule has 25 heavy (non-hydrogen) atoms. The van der Waals surface area contributed by atoms with Crippen LogP contribution in [0.25, 0.3) is 11.1 Å². The second-order valence-corrected chi connectivity index (χ2v) is 6.49. The number of aromatic hydroxyl groups is 1. The van der Waals surface area contributed by atoms with Crippen LogP contribution in [0.5, 0.6) is 5.75 Å². The summed E-state index contributed by atoms with van der Waals surface area (Å²) in [5.41, 5.74) is 1.90. The predicted octanol–water partition coefficient (Wildman–Crippen LogP) is 3.52. The van der Waals surface area contributed by atoms with E-state index >= 15 is 0 Å². The van der Waals surface area contributed by atoms with Crippen molar-refractivity contribution in [1.82, 2.24) is 5.32 Å². The Morgan fingerprint density at radius 3 is 2.04 bits per heavy atom. The van der Waals surface area contributed by atoms with Crippen molar-refractivity contribution < 1.29 is 19.4 Å². The lowest BCUT2D eigenvalue weighted by Crippen LogP contribution is -2.44. The summed E-state index contributed by atoms with van der Waals surface area (Å²) in [7, 11) is 0. The molecule has 5 nitrogen and oxygen atoms in total. The number of ether oxygens (including phenoxy) is 1. The minimum atomic E-state index is -0.540. The molecule has 0 saturated heterocycles. The second kappa shape index (κ2) is 7.83. The van der Waals surface area contributed by atoms with Crippen molar-refractivity contribution in [3.05, 3.63) is 54.1 Å². The Kier molecular flexibility index (Phi) is 5.80. The smallest absolute Gasteiger partial charge is 0.338 e. The normalized spacial score (nSPS) is 11.0. The molecule has 0 saturated carbocycles. The first-order valence-electron chi connectivity index (χ1n) is 8.18. The van der Waals surface area contributed by atoms with Crippen LogP contribution in [0.15, 0.2) is 48.5 Å². The third-order valence-corrected chi connectivity index (χ3v) is 4.02. The first kappa shape index (κ1) is 18.5. The third-order valence-electron chi connectivity index (χ3n) is 4.02. The maximum Gasteiger partial charge on any atom is 0.338 e. The summed E-state index contributed by atoms with van der Waals surface area (Å²) in [6.45, 7) is 5.49. The molecule has 0 aliphatic rings. The zero-order valence-corrected chi connectivity index (χ0v) is 14.7. The van der Waals surface area contributed by atoms with Gasteiger partial charge in [0.15, 0.2) is 6.61 Å². The van der Waals surface area contributed by atoms with Crippen LogP contribution in [0.3, 0.4) is 0 Å². The van der Waals surface area contributed by atoms with Gasteiger partial charge in [0.05, 0.1) is 5.56 Å². The molecule has 2 rings (SSSR count). The van der Waals surface area contributed by atoms with E-state index in [1.54, 1.807) is 48.5 Å². The van der Waals surface area contributed by atoms with Crippen molar-refractivity contribution >= 4 is 11.9 Å². The van der Waals surface area contributed by atoms with Gasteiger partial charge >= 0.3 is 5.97 Å². The van der Waals surface area contributed by atoms with Gasteiger partial charge in [0.1, 0.15) is 5.75 Å². The van der Waals surface area contributed by atoms with Gasteiger partial charge in [0.2, 0.25) is 0 Å². The highest BCUT2D eigenvalue weighted by atomic mass is 16.5. The van der Waals surface area contributed by atoms with Gasteiger partial charge in [-0.05, 0) is 55.7 Å². The summed E-state index contributed by atoms with van der Waals surface area (Å²) >= 11 is 0. The van der Waals surface area contributed by atoms with Crippen molar-refractivity contribution in [2.45, 2.75) is 32.7 Å². The molecule has 5 heteroatoms. The van der Waals surface area contributed by atoms with Gasteiger partial charge in [0, 0.05) is 5.54 Å². The molecule has 0 radical (unpaired) electrons. The topological polar surface area (TPSA) is 75.6 Å². The van der Waals surface area contributed by atoms with Crippen LogP contribution in [0.2, 0.25) is 0 Å². The fourth-order valence-corrected chi connectivity index (χ4v) is 2.17. The number of phenolic OH excluding ortho intramolecular Hbond substituents is 1. The highest BCUT2D eigenvalue weighted by molar-refractivity contribution is 5.92. The Balaban J connectivity index is 1.94. The standard InChI is InChI=1S/C20H23NO4/c1-4-20(2,3)21-18(23)13-25-19(24)16-7-5-14(6-8-16)15-9-11-17(22)12-10-15/h5-12,22H,4,13H2,1-3H3,(H,21,23). The van der Waals surface area contributed by atoms with Crippen LogP contribution in [0.1, 0.15) is 37.6 Å². The first-order chi connectivity index (χ1) is 11.8. The molecule has 2 aromatic carbocycles. The number of hydrogen-bond acceptors (Lipinski definition) is 4. The van der Waals surface area contributed by atoms with Gasteiger partial charge in [0.25, 0.3) is 5.91 Å². The summed E-state index contributed by atoms with van der Waals surface area (Å²) < 4.78 is 5.06. The van der Waals surface area contributed by atoms with Crippen molar-refractivity contribution in [3.63, 3.8) is 0 Å². The number of nitrogens with one attached hydrogen (secondary N) is 1. The molecule has 132 valence electrons. The largest absolute Gasteiger partial charge is 0.508 e. The minimum Gasteiger partial charge on any atom is -0.508 e. The highest BCUT2D eigenvalue weighted by Gasteiger charge is 2.19. The van der Waals surface area contributed by atoms with E-state index in [0.29, 0.717) is 5.56 Å². The van der Waals surface area contributed by atoms with E-state index < -0.39 is 5.97 Å². The van der Waals surface area contributed by atoms with Crippen molar-refractivity contribution in [1.29, 1.82) is 0 Å². The first-order valence-corrected chi connectivity index (χ1v) is 8.18. The average molecular weight is 341 g/mol. The number of hydrogen-bond donors (Lipinski definition) is 2. The maximum absolute atomic E-state index is 12.0. The fraction of sp³-hybridized carbons (Fsp3) is 0.300. The molecule has 0 unspecified atom stereocenters. The molecule has 0 bridgehead atoms. The van der Waals surface area contributed by atoms with E-state index in [9.17, 15) is 14.7 Å². The molecular weight excluding hydrogens is 318 g/mol. The van der Waals surface area contributed by atoms with Crippen LogP contribution in [-0.4, -0.2) is 29.1 Å². The van der Waals surface area contributed by atoms with Gasteiger partial charge in [-0.15, -0.1) is 0 Å². The Labute approximate surface area is 147 Å². The van der Waals surface area contributed by atoms with E-state index in [0.717, 1.165) is 17.5 Å². The molecule has 0 heterocycles. The predicted molar refractivity (Wildman–Crippen MR) is 96.3 cm³/mol. The lowest BCUT2D eigenvalue weighted by molar-refractivity contribution is -0.125. The average Bonchev–Trinajstić information content (AvgIpc) is 2.60. The van der Waals surface area contributed by atoms with Crippen molar-refractivity contribution in [3.8, 4) is 16.9 Å². The number of rotatable bonds is 6. The molecule has 0 atom stereocenters. The number of phenols is 1. The summed E-state index contributed by atoms with van der Waals surface area (Å²) in [4.78, 5) is 23.9. The number of carbonyl (C=O) groups excluding carboxylic acids is 2. The van der Waals surface area contributed by atoms with E-state index in [4.69, 9.17) is 4.74 Å². The lowest BCUT2D eigenvalue weighted by Gasteiger charge is -2.24. The summed E-state index contributed by atoms with van der Waals surface area (Å²) in [6, 6.07) is 13.7. The maximum atomic E-state index is 12.0. The van der Waals surface area contributed by atoms with Crippen LogP contribution in [0, 0.1) is 0 Å². The SMILES string of the molecule is CCC(C)(C)NC(=O)COC(=O)c1ccc(-c2ccc(O)cc2)cc1. The second-order valence-electron chi connectivity index (χ2n) is 6.49. The van der Waals surface area contributed by atoms with E-state index in [1.165, 1.54) is 0 Å². The third kappa shape index (κ3) is 5.35. The van der Waals surface area contributed by atoms with E-state index in [-0.39, 0.29) is 23.8 Å². The fourth-order valence-electron chi connectivity index (χ4n) is 2.17. The molecule has 0 aliphatic heterocycles. The monoisotopic (exact) mass is 341 g/mol. The van der Waals surface area contributed by atoms with Gasteiger partial charge in [-0.3, -0.25) is 4.79 Å². The van der Waals surface area contributed by atoms with E-state index in [1.807, 2.05) is 20.8 Å². The molecular formula is C20H23NO4. The Bertz CT molecular complexity index is 733.